The average Bonchev–Trinajstić information content (AvgIpc) is 2.38. The highest BCUT2D eigenvalue weighted by molar-refractivity contribution is 5.60. The van der Waals surface area contributed by atoms with Crippen LogP contribution >= 0.6 is 0 Å². The van der Waals surface area contributed by atoms with E-state index in [0.717, 1.165) is 30.9 Å². The maximum Gasteiger partial charge on any atom is 0.142 e. The third-order valence-electron chi connectivity index (χ3n) is 4.20. The number of hydrogen-bond acceptors (Lipinski definition) is 3. The third kappa shape index (κ3) is 2.68. The minimum absolute atomic E-state index is 0.0615. The van der Waals surface area contributed by atoms with Crippen LogP contribution in [0.2, 0.25) is 0 Å². The van der Waals surface area contributed by atoms with Gasteiger partial charge < -0.3 is 9.64 Å². The van der Waals surface area contributed by atoms with Gasteiger partial charge in [0.05, 0.1) is 24.8 Å². The number of rotatable bonds is 2. The first kappa shape index (κ1) is 13.7. The Morgan fingerprint density at radius 3 is 2.79 bits per heavy atom. The van der Waals surface area contributed by atoms with Crippen molar-refractivity contribution in [3.8, 4) is 11.8 Å². The summed E-state index contributed by atoms with van der Waals surface area (Å²) in [4.78, 5) is 2.28. The van der Waals surface area contributed by atoms with E-state index in [0.29, 0.717) is 0 Å². The molecule has 2 rings (SSSR count). The van der Waals surface area contributed by atoms with Gasteiger partial charge in [0.1, 0.15) is 5.75 Å². The van der Waals surface area contributed by atoms with Crippen molar-refractivity contribution in [3.05, 3.63) is 23.8 Å². The predicted octanol–water partition coefficient (Wildman–Crippen LogP) is 3.38. The zero-order valence-electron chi connectivity index (χ0n) is 12.2. The number of methoxy groups -OCH3 is 1. The summed E-state index contributed by atoms with van der Waals surface area (Å²) in [6, 6.07) is 8.67. The van der Waals surface area contributed by atoms with Crippen LogP contribution in [0.1, 0.15) is 25.8 Å². The van der Waals surface area contributed by atoms with Crippen LogP contribution in [0.3, 0.4) is 0 Å². The Bertz CT molecular complexity index is 502. The summed E-state index contributed by atoms with van der Waals surface area (Å²) < 4.78 is 5.45. The molecule has 1 fully saturated rings. The van der Waals surface area contributed by atoms with Crippen LogP contribution < -0.4 is 9.64 Å². The summed E-state index contributed by atoms with van der Waals surface area (Å²) in [6.45, 7) is 8.21. The van der Waals surface area contributed by atoms with Crippen molar-refractivity contribution in [1.29, 1.82) is 5.26 Å². The van der Waals surface area contributed by atoms with Crippen LogP contribution in [0, 0.1) is 29.6 Å². The van der Waals surface area contributed by atoms with Crippen LogP contribution in [0.4, 0.5) is 5.69 Å². The van der Waals surface area contributed by atoms with Crippen LogP contribution in [0.5, 0.6) is 5.75 Å². The van der Waals surface area contributed by atoms with E-state index in [-0.39, 0.29) is 11.3 Å². The van der Waals surface area contributed by atoms with Crippen molar-refractivity contribution in [1.82, 2.24) is 0 Å². The Morgan fingerprint density at radius 1 is 1.42 bits per heavy atom. The van der Waals surface area contributed by atoms with Crippen LogP contribution in [-0.2, 0) is 0 Å². The number of piperidine rings is 1. The van der Waals surface area contributed by atoms with E-state index in [2.05, 4.69) is 43.9 Å². The van der Waals surface area contributed by atoms with Gasteiger partial charge in [0.2, 0.25) is 0 Å². The van der Waals surface area contributed by atoms with Crippen LogP contribution in [0.25, 0.3) is 0 Å². The zero-order chi connectivity index (χ0) is 14.0. The molecule has 1 aliphatic rings. The Kier molecular flexibility index (Phi) is 3.71. The second-order valence-corrected chi connectivity index (χ2v) is 6.04. The van der Waals surface area contributed by atoms with Gasteiger partial charge in [0, 0.05) is 13.1 Å². The molecular formula is C16H22N2O. The Morgan fingerprint density at radius 2 is 2.16 bits per heavy atom. The highest BCUT2D eigenvalue weighted by Crippen LogP contribution is 2.39. The first-order valence-electron chi connectivity index (χ1n) is 6.77. The van der Waals surface area contributed by atoms with E-state index in [1.807, 2.05) is 6.07 Å². The smallest absolute Gasteiger partial charge is 0.142 e. The average molecular weight is 258 g/mol. The lowest BCUT2D eigenvalue weighted by Crippen LogP contribution is -2.44. The van der Waals surface area contributed by atoms with E-state index in [9.17, 15) is 5.26 Å². The molecule has 3 nitrogen and oxygen atoms in total. The summed E-state index contributed by atoms with van der Waals surface area (Å²) in [7, 11) is 1.70. The first-order chi connectivity index (χ1) is 8.97. The zero-order valence-corrected chi connectivity index (χ0v) is 12.2. The molecule has 19 heavy (non-hydrogen) atoms. The largest absolute Gasteiger partial charge is 0.495 e. The Labute approximate surface area is 115 Å². The predicted molar refractivity (Wildman–Crippen MR) is 77.4 cm³/mol. The summed E-state index contributed by atoms with van der Waals surface area (Å²) in [5.41, 5.74) is 2.43. The normalized spacial score (nSPS) is 21.8. The van der Waals surface area contributed by atoms with Gasteiger partial charge >= 0.3 is 0 Å². The standard InChI is InChI=1S/C16H22N2O/c1-12-5-6-15(19-4)14(9-12)18-8-7-16(2,3)13(10-17)11-18/h5-6,9,13H,7-8,11H2,1-4H3. The Hall–Kier alpha value is -1.69. The number of aryl methyl sites for hydroxylation is 1. The summed E-state index contributed by atoms with van der Waals surface area (Å²) in [6.07, 6.45) is 1.03. The lowest BCUT2D eigenvalue weighted by atomic mass is 9.74. The highest BCUT2D eigenvalue weighted by Gasteiger charge is 2.36. The van der Waals surface area contributed by atoms with E-state index < -0.39 is 0 Å². The molecule has 1 saturated heterocycles. The van der Waals surface area contributed by atoms with Crippen molar-refractivity contribution < 1.29 is 4.74 Å². The molecule has 102 valence electrons. The minimum Gasteiger partial charge on any atom is -0.495 e. The fourth-order valence-corrected chi connectivity index (χ4v) is 2.64. The van der Waals surface area contributed by atoms with Gasteiger partial charge in [0.15, 0.2) is 0 Å². The molecule has 0 saturated carbocycles. The van der Waals surface area contributed by atoms with Gasteiger partial charge in [-0.3, -0.25) is 0 Å². The molecule has 0 bridgehead atoms. The lowest BCUT2D eigenvalue weighted by molar-refractivity contribution is 0.217. The molecule has 0 aromatic heterocycles. The fraction of sp³-hybridized carbons (Fsp3) is 0.562. The monoisotopic (exact) mass is 258 g/mol. The van der Waals surface area contributed by atoms with Crippen molar-refractivity contribution in [3.63, 3.8) is 0 Å². The number of ether oxygens (including phenoxy) is 1. The van der Waals surface area contributed by atoms with Crippen molar-refractivity contribution in [2.24, 2.45) is 11.3 Å². The highest BCUT2D eigenvalue weighted by atomic mass is 16.5. The molecule has 1 heterocycles. The lowest BCUT2D eigenvalue weighted by Gasteiger charge is -2.42. The van der Waals surface area contributed by atoms with Crippen molar-refractivity contribution >= 4 is 5.69 Å². The molecular weight excluding hydrogens is 236 g/mol. The van der Waals surface area contributed by atoms with E-state index in [4.69, 9.17) is 4.74 Å². The number of hydrogen-bond donors (Lipinski definition) is 0. The fourth-order valence-electron chi connectivity index (χ4n) is 2.64. The summed E-state index contributed by atoms with van der Waals surface area (Å²) in [5.74, 6) is 0.952. The number of nitrogens with zero attached hydrogens (tertiary/aromatic N) is 2. The Balaban J connectivity index is 2.29. The minimum atomic E-state index is 0.0615. The van der Waals surface area contributed by atoms with Crippen LogP contribution in [-0.4, -0.2) is 20.2 Å². The van der Waals surface area contributed by atoms with Crippen molar-refractivity contribution in [2.75, 3.05) is 25.1 Å². The van der Waals surface area contributed by atoms with E-state index in [1.54, 1.807) is 7.11 Å². The molecule has 3 heteroatoms. The molecule has 0 N–H and O–H groups in total. The van der Waals surface area contributed by atoms with Gasteiger partial charge in [-0.05, 0) is 36.5 Å². The molecule has 1 atom stereocenters. The van der Waals surface area contributed by atoms with Gasteiger partial charge in [-0.2, -0.15) is 5.26 Å². The number of anilines is 1. The first-order valence-corrected chi connectivity index (χ1v) is 6.77. The van der Waals surface area contributed by atoms with Gasteiger partial charge in [-0.25, -0.2) is 0 Å². The number of nitriles is 1. The molecule has 1 aromatic rings. The summed E-state index contributed by atoms with van der Waals surface area (Å²) >= 11 is 0. The number of benzene rings is 1. The topological polar surface area (TPSA) is 36.3 Å². The third-order valence-corrected chi connectivity index (χ3v) is 4.20. The SMILES string of the molecule is COc1ccc(C)cc1N1CCC(C)(C)C(C#N)C1. The molecule has 0 aliphatic carbocycles. The molecule has 0 amide bonds. The van der Waals surface area contributed by atoms with E-state index in [1.165, 1.54) is 5.56 Å². The van der Waals surface area contributed by atoms with Gasteiger partial charge in [-0.15, -0.1) is 0 Å². The second kappa shape index (κ2) is 5.13. The van der Waals surface area contributed by atoms with Gasteiger partial charge in [-0.1, -0.05) is 19.9 Å². The maximum absolute atomic E-state index is 9.36. The van der Waals surface area contributed by atoms with Crippen LogP contribution in [0.15, 0.2) is 18.2 Å². The molecule has 1 aliphatic heterocycles. The maximum atomic E-state index is 9.36. The molecule has 0 radical (unpaired) electrons. The van der Waals surface area contributed by atoms with Crippen molar-refractivity contribution in [2.45, 2.75) is 27.2 Å². The van der Waals surface area contributed by atoms with Gasteiger partial charge in [0.25, 0.3) is 0 Å². The second-order valence-electron chi connectivity index (χ2n) is 6.04. The van der Waals surface area contributed by atoms with E-state index >= 15 is 0 Å². The molecule has 0 spiro atoms. The summed E-state index contributed by atoms with van der Waals surface area (Å²) in [5, 5.41) is 9.36. The molecule has 1 aromatic carbocycles. The quantitative estimate of drug-likeness (QED) is 0.816. The molecule has 1 unspecified atom stereocenters.